The second-order valence-electron chi connectivity index (χ2n) is 3.28. The van der Waals surface area contributed by atoms with Crippen LogP contribution >= 0.6 is 15.9 Å². The Hall–Kier alpha value is -1.04. The maximum Gasteiger partial charge on any atom is 0.134 e. The molecule has 0 fully saturated rings. The van der Waals surface area contributed by atoms with Gasteiger partial charge in [-0.25, -0.2) is 0 Å². The molecule has 90 valence electrons. The molecule has 5 heteroatoms. The Morgan fingerprint density at radius 1 is 1.12 bits per heavy atom. The van der Waals surface area contributed by atoms with Gasteiger partial charge in [0.05, 0.1) is 5.92 Å². The molecule has 4 nitrogen and oxygen atoms in total. The standard InChI is InChI=1S/C11H11BrO2.2H2O/c1-7-3-8(2)11(10(12)4-7)9(5-13)6-14;;/h3-6,9H,1-2H3;2*1H2. The third-order valence-electron chi connectivity index (χ3n) is 2.11. The van der Waals surface area contributed by atoms with E-state index in [0.717, 1.165) is 21.2 Å². The molecular weight excluding hydrogens is 276 g/mol. The number of hydrogen-bond donors (Lipinski definition) is 0. The van der Waals surface area contributed by atoms with Crippen molar-refractivity contribution in [2.75, 3.05) is 0 Å². The Bertz CT molecular complexity index is 345. The van der Waals surface area contributed by atoms with Crippen molar-refractivity contribution in [3.05, 3.63) is 33.3 Å². The number of benzene rings is 1. The number of halogens is 1. The van der Waals surface area contributed by atoms with E-state index in [4.69, 9.17) is 0 Å². The summed E-state index contributed by atoms with van der Waals surface area (Å²) in [7, 11) is 0. The predicted octanol–water partition coefficient (Wildman–Crippen LogP) is 0.898. The van der Waals surface area contributed by atoms with Crippen molar-refractivity contribution < 1.29 is 20.5 Å². The maximum absolute atomic E-state index is 10.7. The Balaban J connectivity index is 0. The van der Waals surface area contributed by atoms with Crippen LogP contribution in [-0.2, 0) is 9.59 Å². The van der Waals surface area contributed by atoms with Crippen molar-refractivity contribution in [3.8, 4) is 0 Å². The van der Waals surface area contributed by atoms with E-state index in [1.165, 1.54) is 0 Å². The molecule has 0 atom stereocenters. The minimum Gasteiger partial charge on any atom is -0.412 e. The van der Waals surface area contributed by atoms with Crippen molar-refractivity contribution in [1.29, 1.82) is 0 Å². The predicted molar refractivity (Wildman–Crippen MR) is 65.7 cm³/mol. The lowest BCUT2D eigenvalue weighted by Gasteiger charge is -2.11. The van der Waals surface area contributed by atoms with E-state index >= 15 is 0 Å². The summed E-state index contributed by atoms with van der Waals surface area (Å²) in [5, 5.41) is 0. The second-order valence-corrected chi connectivity index (χ2v) is 4.13. The molecule has 0 aliphatic heterocycles. The number of aryl methyl sites for hydroxylation is 2. The van der Waals surface area contributed by atoms with Gasteiger partial charge < -0.3 is 20.5 Å². The highest BCUT2D eigenvalue weighted by molar-refractivity contribution is 9.10. The Kier molecular flexibility index (Phi) is 7.89. The fraction of sp³-hybridized carbons (Fsp3) is 0.273. The molecule has 0 unspecified atom stereocenters. The molecule has 0 bridgehead atoms. The lowest BCUT2D eigenvalue weighted by Crippen LogP contribution is -2.05. The van der Waals surface area contributed by atoms with Crippen LogP contribution < -0.4 is 0 Å². The van der Waals surface area contributed by atoms with E-state index in [2.05, 4.69) is 15.9 Å². The monoisotopic (exact) mass is 290 g/mol. The van der Waals surface area contributed by atoms with Crippen LogP contribution in [0.5, 0.6) is 0 Å². The molecule has 0 aliphatic rings. The number of carbonyl (C=O) groups excluding carboxylic acids is 2. The number of aldehydes is 2. The molecule has 0 saturated carbocycles. The zero-order valence-corrected chi connectivity index (χ0v) is 10.7. The van der Waals surface area contributed by atoms with Gasteiger partial charge in [-0.05, 0) is 36.6 Å². The molecule has 0 amide bonds. The molecule has 1 rings (SSSR count). The lowest BCUT2D eigenvalue weighted by atomic mass is 9.96. The van der Waals surface area contributed by atoms with E-state index in [9.17, 15) is 9.59 Å². The van der Waals surface area contributed by atoms with E-state index in [0.29, 0.717) is 12.6 Å². The molecule has 1 aromatic carbocycles. The molecule has 0 aliphatic carbocycles. The molecular formula is C11H15BrO4. The van der Waals surface area contributed by atoms with Gasteiger partial charge in [-0.2, -0.15) is 0 Å². The van der Waals surface area contributed by atoms with Crippen LogP contribution in [0.4, 0.5) is 0 Å². The van der Waals surface area contributed by atoms with Crippen molar-refractivity contribution in [2.24, 2.45) is 0 Å². The minimum atomic E-state index is -0.662. The van der Waals surface area contributed by atoms with Gasteiger partial charge in [0.2, 0.25) is 0 Å². The van der Waals surface area contributed by atoms with Gasteiger partial charge in [-0.15, -0.1) is 0 Å². The topological polar surface area (TPSA) is 97.1 Å². The molecule has 4 N–H and O–H groups in total. The van der Waals surface area contributed by atoms with Gasteiger partial charge in [0.1, 0.15) is 12.6 Å². The Morgan fingerprint density at radius 3 is 2.00 bits per heavy atom. The molecule has 0 radical (unpaired) electrons. The number of carbonyl (C=O) groups is 2. The van der Waals surface area contributed by atoms with E-state index < -0.39 is 5.92 Å². The van der Waals surface area contributed by atoms with Crippen molar-refractivity contribution in [2.45, 2.75) is 19.8 Å². The van der Waals surface area contributed by atoms with Crippen LogP contribution in [0.1, 0.15) is 22.6 Å². The molecule has 1 aromatic rings. The average Bonchev–Trinajstić information content (AvgIpc) is 2.10. The van der Waals surface area contributed by atoms with Crippen LogP contribution in [0.3, 0.4) is 0 Å². The SMILES string of the molecule is Cc1cc(C)c(C(C=O)C=O)c(Br)c1.O.O. The molecule has 0 saturated heterocycles. The quantitative estimate of drug-likeness (QED) is 0.610. The fourth-order valence-corrected chi connectivity index (χ4v) is 2.46. The molecule has 16 heavy (non-hydrogen) atoms. The minimum absolute atomic E-state index is 0. The third kappa shape index (κ3) is 3.52. The van der Waals surface area contributed by atoms with Crippen LogP contribution in [0.25, 0.3) is 0 Å². The summed E-state index contributed by atoms with van der Waals surface area (Å²) in [4.78, 5) is 21.3. The maximum atomic E-state index is 10.7. The highest BCUT2D eigenvalue weighted by Crippen LogP contribution is 2.27. The largest absolute Gasteiger partial charge is 0.412 e. The first-order valence-electron chi connectivity index (χ1n) is 4.27. The zero-order valence-electron chi connectivity index (χ0n) is 9.08. The third-order valence-corrected chi connectivity index (χ3v) is 2.76. The first-order valence-corrected chi connectivity index (χ1v) is 5.06. The zero-order chi connectivity index (χ0) is 10.7. The average molecular weight is 291 g/mol. The first-order chi connectivity index (χ1) is 6.60. The number of hydrogen-bond acceptors (Lipinski definition) is 2. The van der Waals surface area contributed by atoms with Crippen LogP contribution in [-0.4, -0.2) is 23.5 Å². The Morgan fingerprint density at radius 2 is 1.62 bits per heavy atom. The van der Waals surface area contributed by atoms with Gasteiger partial charge in [0, 0.05) is 4.47 Å². The van der Waals surface area contributed by atoms with Crippen molar-refractivity contribution in [1.82, 2.24) is 0 Å². The normalized spacial score (nSPS) is 9.00. The summed E-state index contributed by atoms with van der Waals surface area (Å²) >= 11 is 3.36. The highest BCUT2D eigenvalue weighted by Gasteiger charge is 2.15. The summed E-state index contributed by atoms with van der Waals surface area (Å²) in [5.41, 5.74) is 2.83. The lowest BCUT2D eigenvalue weighted by molar-refractivity contribution is -0.116. The molecule has 0 aromatic heterocycles. The van der Waals surface area contributed by atoms with E-state index in [1.54, 1.807) is 0 Å². The second kappa shape index (κ2) is 7.27. The Labute approximate surface area is 102 Å². The fourth-order valence-electron chi connectivity index (χ4n) is 1.52. The van der Waals surface area contributed by atoms with Gasteiger partial charge in [0.15, 0.2) is 0 Å². The van der Waals surface area contributed by atoms with Crippen LogP contribution in [0.15, 0.2) is 16.6 Å². The first kappa shape index (κ1) is 17.4. The van der Waals surface area contributed by atoms with Crippen molar-refractivity contribution in [3.63, 3.8) is 0 Å². The summed E-state index contributed by atoms with van der Waals surface area (Å²) in [6.07, 6.45) is 1.32. The summed E-state index contributed by atoms with van der Waals surface area (Å²) < 4.78 is 0.819. The van der Waals surface area contributed by atoms with E-state index in [1.807, 2.05) is 26.0 Å². The smallest absolute Gasteiger partial charge is 0.134 e. The molecule has 0 heterocycles. The van der Waals surface area contributed by atoms with Gasteiger partial charge in [0.25, 0.3) is 0 Å². The highest BCUT2D eigenvalue weighted by atomic mass is 79.9. The van der Waals surface area contributed by atoms with Crippen LogP contribution in [0, 0.1) is 13.8 Å². The summed E-state index contributed by atoms with van der Waals surface area (Å²) in [5.74, 6) is -0.662. The van der Waals surface area contributed by atoms with E-state index in [-0.39, 0.29) is 11.0 Å². The van der Waals surface area contributed by atoms with Crippen LogP contribution in [0.2, 0.25) is 0 Å². The van der Waals surface area contributed by atoms with Gasteiger partial charge in [-0.3, -0.25) is 0 Å². The number of rotatable bonds is 3. The molecule has 0 spiro atoms. The summed E-state index contributed by atoms with van der Waals surface area (Å²) in [6, 6.07) is 3.86. The van der Waals surface area contributed by atoms with Crippen molar-refractivity contribution >= 4 is 28.5 Å². The van der Waals surface area contributed by atoms with Gasteiger partial charge >= 0.3 is 0 Å². The van der Waals surface area contributed by atoms with Gasteiger partial charge in [-0.1, -0.05) is 22.0 Å². The summed E-state index contributed by atoms with van der Waals surface area (Å²) in [6.45, 7) is 3.87.